The van der Waals surface area contributed by atoms with Crippen molar-refractivity contribution < 1.29 is 15.3 Å². The standard InChI is InChI=1S/C22H30O3S/c1-21(2,3)17-11-16(12-18(20(17)25)22(4,5)6)26-19(13-23)14-7-9-15(24)10-8-14/h7-12,19,23-25H,13H2,1-6H3. The Bertz CT molecular complexity index is 717. The second kappa shape index (κ2) is 7.53. The largest absolute Gasteiger partial charge is 0.508 e. The van der Waals surface area contributed by atoms with Gasteiger partial charge in [0.2, 0.25) is 0 Å². The van der Waals surface area contributed by atoms with Gasteiger partial charge in [-0.1, -0.05) is 53.7 Å². The predicted octanol–water partition coefficient (Wildman–Crippen LogP) is 5.52. The van der Waals surface area contributed by atoms with Crippen LogP contribution in [0.25, 0.3) is 0 Å². The summed E-state index contributed by atoms with van der Waals surface area (Å²) in [5.41, 5.74) is 2.41. The number of aromatic hydroxyl groups is 2. The minimum atomic E-state index is -0.187. The van der Waals surface area contributed by atoms with Crippen molar-refractivity contribution in [1.29, 1.82) is 0 Å². The van der Waals surface area contributed by atoms with Crippen LogP contribution in [0.3, 0.4) is 0 Å². The molecule has 1 unspecified atom stereocenters. The topological polar surface area (TPSA) is 60.7 Å². The SMILES string of the molecule is CC(C)(C)c1cc(SC(CO)c2ccc(O)cc2)cc(C(C)(C)C)c1O. The van der Waals surface area contributed by atoms with Gasteiger partial charge in [0.05, 0.1) is 11.9 Å². The van der Waals surface area contributed by atoms with Crippen molar-refractivity contribution in [2.24, 2.45) is 0 Å². The number of benzene rings is 2. The van der Waals surface area contributed by atoms with Gasteiger partial charge in [0.25, 0.3) is 0 Å². The van der Waals surface area contributed by atoms with E-state index in [9.17, 15) is 15.3 Å². The zero-order chi connectivity index (χ0) is 19.7. The van der Waals surface area contributed by atoms with Crippen molar-refractivity contribution in [3.63, 3.8) is 0 Å². The van der Waals surface area contributed by atoms with Gasteiger partial charge in [-0.05, 0) is 40.7 Å². The number of thioether (sulfide) groups is 1. The Hall–Kier alpha value is -1.65. The fourth-order valence-electron chi connectivity index (χ4n) is 2.88. The molecule has 2 rings (SSSR count). The molecule has 2 aromatic carbocycles. The third kappa shape index (κ3) is 4.74. The highest BCUT2D eigenvalue weighted by Gasteiger charge is 2.27. The van der Waals surface area contributed by atoms with Crippen molar-refractivity contribution in [3.05, 3.63) is 53.1 Å². The zero-order valence-corrected chi connectivity index (χ0v) is 17.3. The summed E-state index contributed by atoms with van der Waals surface area (Å²) in [6, 6.07) is 11.0. The first-order valence-electron chi connectivity index (χ1n) is 8.88. The van der Waals surface area contributed by atoms with E-state index >= 15 is 0 Å². The molecule has 0 aliphatic carbocycles. The van der Waals surface area contributed by atoms with Crippen LogP contribution < -0.4 is 0 Å². The fraction of sp³-hybridized carbons (Fsp3) is 0.455. The van der Waals surface area contributed by atoms with Crippen LogP contribution in [0.2, 0.25) is 0 Å². The highest BCUT2D eigenvalue weighted by atomic mass is 32.2. The van der Waals surface area contributed by atoms with E-state index in [1.165, 1.54) is 0 Å². The van der Waals surface area contributed by atoms with Crippen molar-refractivity contribution in [2.45, 2.75) is 62.5 Å². The summed E-state index contributed by atoms with van der Waals surface area (Å²) in [7, 11) is 0. The molecular formula is C22H30O3S. The number of phenolic OH excluding ortho intramolecular Hbond substituents is 2. The smallest absolute Gasteiger partial charge is 0.123 e. The first-order chi connectivity index (χ1) is 11.9. The Labute approximate surface area is 161 Å². The van der Waals surface area contributed by atoms with Gasteiger partial charge >= 0.3 is 0 Å². The molecule has 1 atom stereocenters. The lowest BCUT2D eigenvalue weighted by atomic mass is 9.79. The summed E-state index contributed by atoms with van der Waals surface area (Å²) in [4.78, 5) is 1.02. The molecule has 3 N–H and O–H groups in total. The first kappa shape index (κ1) is 20.7. The molecular weight excluding hydrogens is 344 g/mol. The molecule has 0 heterocycles. The fourth-order valence-corrected chi connectivity index (χ4v) is 3.95. The average Bonchev–Trinajstić information content (AvgIpc) is 2.52. The summed E-state index contributed by atoms with van der Waals surface area (Å²) in [6.07, 6.45) is 0. The summed E-state index contributed by atoms with van der Waals surface area (Å²) in [5, 5.41) is 30.1. The summed E-state index contributed by atoms with van der Waals surface area (Å²) < 4.78 is 0. The van der Waals surface area contributed by atoms with Crippen molar-refractivity contribution in [2.75, 3.05) is 6.61 Å². The van der Waals surface area contributed by atoms with Gasteiger partial charge in [-0.25, -0.2) is 0 Å². The monoisotopic (exact) mass is 374 g/mol. The third-order valence-electron chi connectivity index (χ3n) is 4.41. The molecule has 26 heavy (non-hydrogen) atoms. The Morgan fingerprint density at radius 3 is 1.69 bits per heavy atom. The highest BCUT2D eigenvalue weighted by Crippen LogP contribution is 2.44. The van der Waals surface area contributed by atoms with E-state index < -0.39 is 0 Å². The van der Waals surface area contributed by atoms with Crippen molar-refractivity contribution >= 4 is 11.8 Å². The Kier molecular flexibility index (Phi) is 5.99. The highest BCUT2D eigenvalue weighted by molar-refractivity contribution is 7.99. The molecule has 0 amide bonds. The first-order valence-corrected chi connectivity index (χ1v) is 9.76. The van der Waals surface area contributed by atoms with Crippen molar-refractivity contribution in [3.8, 4) is 11.5 Å². The van der Waals surface area contributed by atoms with E-state index in [0.29, 0.717) is 5.75 Å². The lowest BCUT2D eigenvalue weighted by molar-refractivity contribution is 0.296. The van der Waals surface area contributed by atoms with E-state index in [-0.39, 0.29) is 28.4 Å². The number of rotatable bonds is 4. The van der Waals surface area contributed by atoms with Gasteiger partial charge in [0.1, 0.15) is 11.5 Å². The maximum atomic E-state index is 10.8. The lowest BCUT2D eigenvalue weighted by Crippen LogP contribution is -2.17. The quantitative estimate of drug-likeness (QED) is 0.617. The van der Waals surface area contributed by atoms with Gasteiger partial charge in [-0.3, -0.25) is 0 Å². The second-order valence-electron chi connectivity index (χ2n) is 8.75. The molecule has 0 saturated heterocycles. The van der Waals surface area contributed by atoms with Gasteiger partial charge in [-0.2, -0.15) is 0 Å². The van der Waals surface area contributed by atoms with E-state index in [1.54, 1.807) is 23.9 Å². The molecule has 0 aliphatic heterocycles. The molecule has 4 heteroatoms. The molecule has 0 spiro atoms. The van der Waals surface area contributed by atoms with Crippen LogP contribution in [0.5, 0.6) is 11.5 Å². The van der Waals surface area contributed by atoms with Crippen LogP contribution >= 0.6 is 11.8 Å². The maximum Gasteiger partial charge on any atom is 0.123 e. The second-order valence-corrected chi connectivity index (χ2v) is 10.0. The van der Waals surface area contributed by atoms with Crippen LogP contribution in [0, 0.1) is 0 Å². The van der Waals surface area contributed by atoms with Gasteiger partial charge in [0, 0.05) is 16.0 Å². The van der Waals surface area contributed by atoms with E-state index in [0.717, 1.165) is 21.6 Å². The number of hydrogen-bond acceptors (Lipinski definition) is 4. The number of aliphatic hydroxyl groups excluding tert-OH is 1. The summed E-state index contributed by atoms with van der Waals surface area (Å²) >= 11 is 1.57. The number of aliphatic hydroxyl groups is 1. The van der Waals surface area contributed by atoms with Gasteiger partial charge in [0.15, 0.2) is 0 Å². The minimum Gasteiger partial charge on any atom is -0.508 e. The molecule has 142 valence electrons. The van der Waals surface area contributed by atoms with Crippen LogP contribution in [0.15, 0.2) is 41.3 Å². The summed E-state index contributed by atoms with van der Waals surface area (Å²) in [5.74, 6) is 0.574. The Balaban J connectivity index is 2.49. The third-order valence-corrected chi connectivity index (χ3v) is 5.62. The maximum absolute atomic E-state index is 10.8. The molecule has 0 fully saturated rings. The molecule has 0 saturated carbocycles. The lowest BCUT2D eigenvalue weighted by Gasteiger charge is -2.28. The average molecular weight is 375 g/mol. The summed E-state index contributed by atoms with van der Waals surface area (Å²) in [6.45, 7) is 12.5. The van der Waals surface area contributed by atoms with Crippen LogP contribution in [-0.4, -0.2) is 21.9 Å². The van der Waals surface area contributed by atoms with E-state index in [4.69, 9.17) is 0 Å². The van der Waals surface area contributed by atoms with E-state index in [1.807, 2.05) is 24.3 Å². The molecule has 3 nitrogen and oxygen atoms in total. The Morgan fingerprint density at radius 2 is 1.31 bits per heavy atom. The molecule has 0 aliphatic rings. The number of phenols is 2. The Morgan fingerprint density at radius 1 is 0.846 bits per heavy atom. The minimum absolute atomic E-state index is 0.00792. The van der Waals surface area contributed by atoms with Crippen LogP contribution in [-0.2, 0) is 10.8 Å². The zero-order valence-electron chi connectivity index (χ0n) is 16.5. The van der Waals surface area contributed by atoms with Gasteiger partial charge < -0.3 is 15.3 Å². The van der Waals surface area contributed by atoms with Crippen LogP contribution in [0.4, 0.5) is 0 Å². The predicted molar refractivity (Wildman–Crippen MR) is 109 cm³/mol. The molecule has 2 aromatic rings. The number of hydrogen-bond donors (Lipinski definition) is 3. The van der Waals surface area contributed by atoms with E-state index in [2.05, 4.69) is 41.5 Å². The molecule has 0 radical (unpaired) electrons. The van der Waals surface area contributed by atoms with Gasteiger partial charge in [-0.15, -0.1) is 11.8 Å². The normalized spacial score (nSPS) is 13.7. The molecule has 0 bridgehead atoms. The van der Waals surface area contributed by atoms with Crippen molar-refractivity contribution in [1.82, 2.24) is 0 Å². The molecule has 0 aromatic heterocycles. The van der Waals surface area contributed by atoms with Crippen LogP contribution in [0.1, 0.15) is 63.5 Å².